The van der Waals surface area contributed by atoms with Gasteiger partial charge in [0, 0.05) is 13.2 Å². The van der Waals surface area contributed by atoms with E-state index < -0.39 is 5.97 Å². The lowest BCUT2D eigenvalue weighted by molar-refractivity contribution is 0.0697. The van der Waals surface area contributed by atoms with Gasteiger partial charge in [0.25, 0.3) is 0 Å². The number of nitrogens with zero attached hydrogens (tertiary/aromatic N) is 2. The van der Waals surface area contributed by atoms with E-state index in [0.717, 1.165) is 16.9 Å². The molecule has 0 spiro atoms. The predicted octanol–water partition coefficient (Wildman–Crippen LogP) is 2.45. The number of benzene rings is 1. The third kappa shape index (κ3) is 2.82. The number of aromatic nitrogens is 2. The minimum atomic E-state index is -0.938. The van der Waals surface area contributed by atoms with Crippen LogP contribution in [-0.4, -0.2) is 32.3 Å². The highest BCUT2D eigenvalue weighted by atomic mass is 16.4. The van der Waals surface area contributed by atoms with Crippen molar-refractivity contribution in [1.82, 2.24) is 9.55 Å². The first-order valence-corrected chi connectivity index (χ1v) is 6.65. The zero-order valence-electron chi connectivity index (χ0n) is 12.1. The second-order valence-corrected chi connectivity index (χ2v) is 5.89. The Morgan fingerprint density at radius 1 is 1.40 bits per heavy atom. The summed E-state index contributed by atoms with van der Waals surface area (Å²) in [5.74, 6) is -0.0829. The van der Waals surface area contributed by atoms with Crippen molar-refractivity contribution in [2.24, 2.45) is 5.41 Å². The number of rotatable bonds is 5. The lowest BCUT2D eigenvalue weighted by Crippen LogP contribution is -2.21. The van der Waals surface area contributed by atoms with Gasteiger partial charge in [-0.2, -0.15) is 0 Å². The highest BCUT2D eigenvalue weighted by Crippen LogP contribution is 2.27. The number of aromatic carboxylic acids is 1. The van der Waals surface area contributed by atoms with Crippen molar-refractivity contribution >= 4 is 17.0 Å². The minimum Gasteiger partial charge on any atom is -0.478 e. The number of aryl methyl sites for hydroxylation is 1. The van der Waals surface area contributed by atoms with Crippen LogP contribution >= 0.6 is 0 Å². The Kier molecular flexibility index (Phi) is 3.81. The molecule has 108 valence electrons. The Hall–Kier alpha value is -1.88. The van der Waals surface area contributed by atoms with Gasteiger partial charge in [-0.25, -0.2) is 9.78 Å². The summed E-state index contributed by atoms with van der Waals surface area (Å²) in [4.78, 5) is 15.6. The van der Waals surface area contributed by atoms with E-state index in [2.05, 4.69) is 18.8 Å². The Morgan fingerprint density at radius 2 is 2.10 bits per heavy atom. The van der Waals surface area contributed by atoms with Crippen molar-refractivity contribution in [1.29, 1.82) is 0 Å². The summed E-state index contributed by atoms with van der Waals surface area (Å²) < 4.78 is 2.03. The number of hydrogen-bond donors (Lipinski definition) is 2. The van der Waals surface area contributed by atoms with Crippen LogP contribution in [-0.2, 0) is 6.54 Å². The highest BCUT2D eigenvalue weighted by molar-refractivity contribution is 5.92. The number of carboxylic acid groups (broad SMARTS) is 1. The molecule has 2 N–H and O–H groups in total. The number of hydrogen-bond acceptors (Lipinski definition) is 3. The second kappa shape index (κ2) is 5.25. The van der Waals surface area contributed by atoms with Gasteiger partial charge in [-0.15, -0.1) is 0 Å². The van der Waals surface area contributed by atoms with Crippen LogP contribution in [0.4, 0.5) is 0 Å². The molecule has 1 aromatic heterocycles. The maximum absolute atomic E-state index is 11.1. The molecule has 0 bridgehead atoms. The van der Waals surface area contributed by atoms with Crippen molar-refractivity contribution < 1.29 is 15.0 Å². The zero-order chi connectivity index (χ0) is 14.9. The average Bonchev–Trinajstić information content (AvgIpc) is 2.64. The van der Waals surface area contributed by atoms with E-state index in [4.69, 9.17) is 10.2 Å². The third-order valence-corrected chi connectivity index (χ3v) is 3.56. The molecule has 1 heterocycles. The molecule has 20 heavy (non-hydrogen) atoms. The van der Waals surface area contributed by atoms with Crippen LogP contribution in [0.1, 0.15) is 36.5 Å². The topological polar surface area (TPSA) is 75.3 Å². The van der Waals surface area contributed by atoms with Crippen LogP contribution in [0.25, 0.3) is 11.0 Å². The second-order valence-electron chi connectivity index (χ2n) is 5.89. The van der Waals surface area contributed by atoms with Crippen LogP contribution in [0, 0.1) is 12.3 Å². The van der Waals surface area contributed by atoms with Crippen molar-refractivity contribution in [3.8, 4) is 0 Å². The van der Waals surface area contributed by atoms with Gasteiger partial charge in [0.15, 0.2) is 0 Å². The zero-order valence-corrected chi connectivity index (χ0v) is 12.1. The maximum Gasteiger partial charge on any atom is 0.335 e. The Bertz CT molecular complexity index is 644. The first-order valence-electron chi connectivity index (χ1n) is 6.65. The number of aliphatic hydroxyl groups excluding tert-OH is 1. The predicted molar refractivity (Wildman–Crippen MR) is 76.9 cm³/mol. The van der Waals surface area contributed by atoms with Crippen LogP contribution in [0.2, 0.25) is 0 Å². The monoisotopic (exact) mass is 276 g/mol. The molecule has 1 aromatic carbocycles. The van der Waals surface area contributed by atoms with E-state index in [1.807, 2.05) is 11.5 Å². The first kappa shape index (κ1) is 14.5. The van der Waals surface area contributed by atoms with Crippen molar-refractivity contribution in [3.63, 3.8) is 0 Å². The summed E-state index contributed by atoms with van der Waals surface area (Å²) >= 11 is 0. The smallest absolute Gasteiger partial charge is 0.335 e. The van der Waals surface area contributed by atoms with Gasteiger partial charge in [-0.05, 0) is 37.0 Å². The van der Waals surface area contributed by atoms with Gasteiger partial charge in [0.2, 0.25) is 0 Å². The number of aliphatic hydroxyl groups is 1. The molecule has 0 amide bonds. The molecule has 0 atom stereocenters. The lowest BCUT2D eigenvalue weighted by atomic mass is 9.89. The lowest BCUT2D eigenvalue weighted by Gasteiger charge is -2.25. The number of fused-ring (bicyclic) bond motifs is 1. The first-order chi connectivity index (χ1) is 9.34. The van der Waals surface area contributed by atoms with Gasteiger partial charge in [-0.1, -0.05) is 13.8 Å². The molecule has 0 saturated carbocycles. The van der Waals surface area contributed by atoms with Crippen molar-refractivity contribution in [3.05, 3.63) is 29.6 Å². The van der Waals surface area contributed by atoms with Crippen LogP contribution < -0.4 is 0 Å². The van der Waals surface area contributed by atoms with E-state index in [1.165, 1.54) is 0 Å². The molecule has 2 rings (SSSR count). The quantitative estimate of drug-likeness (QED) is 0.879. The van der Waals surface area contributed by atoms with Gasteiger partial charge in [0.05, 0.1) is 16.6 Å². The third-order valence-electron chi connectivity index (χ3n) is 3.56. The van der Waals surface area contributed by atoms with Crippen molar-refractivity contribution in [2.45, 2.75) is 33.7 Å². The maximum atomic E-state index is 11.1. The standard InChI is InChI=1S/C15H20N2O3/c1-10-16-12-5-4-11(14(19)20)8-13(12)17(10)9-15(2,3)6-7-18/h4-5,8,18H,6-7,9H2,1-3H3,(H,19,20). The summed E-state index contributed by atoms with van der Waals surface area (Å²) in [5, 5.41) is 18.2. The Morgan fingerprint density at radius 3 is 2.70 bits per heavy atom. The molecule has 0 fully saturated rings. The fourth-order valence-corrected chi connectivity index (χ4v) is 2.39. The minimum absolute atomic E-state index is 0.0770. The van der Waals surface area contributed by atoms with E-state index in [9.17, 15) is 4.79 Å². The van der Waals surface area contributed by atoms with E-state index in [1.54, 1.807) is 18.2 Å². The number of carboxylic acids is 1. The van der Waals surface area contributed by atoms with Gasteiger partial charge < -0.3 is 14.8 Å². The molecule has 0 aliphatic rings. The largest absolute Gasteiger partial charge is 0.478 e. The van der Waals surface area contributed by atoms with Crippen LogP contribution in [0.15, 0.2) is 18.2 Å². The van der Waals surface area contributed by atoms with E-state index >= 15 is 0 Å². The molecular formula is C15H20N2O3. The number of carbonyl (C=O) groups is 1. The molecule has 5 nitrogen and oxygen atoms in total. The van der Waals surface area contributed by atoms with Crippen LogP contribution in [0.5, 0.6) is 0 Å². The molecule has 2 aromatic rings. The van der Waals surface area contributed by atoms with Gasteiger partial charge >= 0.3 is 5.97 Å². The van der Waals surface area contributed by atoms with Crippen LogP contribution in [0.3, 0.4) is 0 Å². The summed E-state index contributed by atoms with van der Waals surface area (Å²) in [6, 6.07) is 4.97. The molecule has 0 unspecified atom stereocenters. The van der Waals surface area contributed by atoms with Crippen molar-refractivity contribution in [2.75, 3.05) is 6.61 Å². The molecular weight excluding hydrogens is 256 g/mol. The number of imidazole rings is 1. The molecule has 0 aliphatic heterocycles. The summed E-state index contributed by atoms with van der Waals surface area (Å²) in [6.45, 7) is 6.90. The SMILES string of the molecule is Cc1nc2ccc(C(=O)O)cc2n1CC(C)(C)CCO. The molecule has 0 saturated heterocycles. The molecule has 5 heteroatoms. The molecule has 0 radical (unpaired) electrons. The fraction of sp³-hybridized carbons (Fsp3) is 0.467. The highest BCUT2D eigenvalue weighted by Gasteiger charge is 2.21. The normalized spacial score (nSPS) is 12.0. The summed E-state index contributed by atoms with van der Waals surface area (Å²) in [6.07, 6.45) is 0.685. The molecule has 0 aliphatic carbocycles. The Balaban J connectivity index is 2.48. The van der Waals surface area contributed by atoms with Gasteiger partial charge in [-0.3, -0.25) is 0 Å². The van der Waals surface area contributed by atoms with E-state index in [0.29, 0.717) is 13.0 Å². The van der Waals surface area contributed by atoms with Gasteiger partial charge in [0.1, 0.15) is 5.82 Å². The summed E-state index contributed by atoms with van der Waals surface area (Å²) in [7, 11) is 0. The van der Waals surface area contributed by atoms with E-state index in [-0.39, 0.29) is 17.6 Å². The Labute approximate surface area is 117 Å². The fourth-order valence-electron chi connectivity index (χ4n) is 2.39. The average molecular weight is 276 g/mol. The summed E-state index contributed by atoms with van der Waals surface area (Å²) in [5.41, 5.74) is 1.81.